The number of aliphatic hydroxyl groups excluding tert-OH is 5. The molecule has 0 aliphatic heterocycles. The quantitative estimate of drug-likeness (QED) is 0.00848. The predicted octanol–water partition coefficient (Wildman–Crippen LogP) is 9.01. The summed E-state index contributed by atoms with van der Waals surface area (Å²) >= 11 is 0. The fraction of sp³-hybridized carbons (Fsp3) is 0.627. The molecule has 0 aromatic heterocycles. The summed E-state index contributed by atoms with van der Waals surface area (Å²) in [6.45, 7) is 2.96. The van der Waals surface area contributed by atoms with Crippen LogP contribution in [0.5, 0.6) is 0 Å². The van der Waals surface area contributed by atoms with Crippen molar-refractivity contribution in [3.63, 3.8) is 0 Å². The van der Waals surface area contributed by atoms with E-state index in [0.29, 0.717) is 32.1 Å². The molecule has 1 aliphatic rings. The Labute approximate surface area is 394 Å². The van der Waals surface area contributed by atoms with Crippen molar-refractivity contribution in [2.45, 2.75) is 191 Å². The molecule has 1 aliphatic carbocycles. The Balaban J connectivity index is 2.51. The van der Waals surface area contributed by atoms with Gasteiger partial charge in [-0.05, 0) is 83.1 Å². The van der Waals surface area contributed by atoms with Gasteiger partial charge in [-0.3, -0.25) is 23.4 Å². The van der Waals surface area contributed by atoms with Crippen molar-refractivity contribution in [2.24, 2.45) is 0 Å². The van der Waals surface area contributed by atoms with Crippen molar-refractivity contribution in [1.29, 1.82) is 0 Å². The van der Waals surface area contributed by atoms with Gasteiger partial charge in [0.25, 0.3) is 0 Å². The Morgan fingerprint density at radius 1 is 0.530 bits per heavy atom. The number of rotatable bonds is 38. The minimum absolute atomic E-state index is 0.0145. The third-order valence-corrected chi connectivity index (χ3v) is 11.4. The molecule has 1 fully saturated rings. The van der Waals surface area contributed by atoms with E-state index in [0.717, 1.165) is 89.9 Å². The predicted molar refractivity (Wildman–Crippen MR) is 258 cm³/mol. The second-order valence-corrected chi connectivity index (χ2v) is 17.7. The summed E-state index contributed by atoms with van der Waals surface area (Å²) in [7, 11) is -5.16. The molecule has 0 bridgehead atoms. The average molecular weight is 949 g/mol. The maximum absolute atomic E-state index is 12.8. The van der Waals surface area contributed by atoms with Crippen LogP contribution in [0.4, 0.5) is 0 Å². The van der Waals surface area contributed by atoms with Gasteiger partial charge in [0.05, 0.1) is 6.61 Å². The van der Waals surface area contributed by atoms with Gasteiger partial charge in [-0.2, -0.15) is 0 Å². The molecule has 0 heterocycles. The molecular formula is C51H81O14P. The highest BCUT2D eigenvalue weighted by molar-refractivity contribution is 7.47. The van der Waals surface area contributed by atoms with Gasteiger partial charge in [0.15, 0.2) is 11.9 Å². The largest absolute Gasteiger partial charge is 0.472 e. The number of allylic oxidation sites excluding steroid dienone is 16. The van der Waals surface area contributed by atoms with Crippen LogP contribution in [0.15, 0.2) is 97.2 Å². The van der Waals surface area contributed by atoms with Crippen LogP contribution in [-0.4, -0.2) is 104 Å². The van der Waals surface area contributed by atoms with Crippen molar-refractivity contribution in [3.8, 4) is 0 Å². The highest BCUT2D eigenvalue weighted by Crippen LogP contribution is 2.47. The van der Waals surface area contributed by atoms with Crippen LogP contribution < -0.4 is 0 Å². The molecule has 0 aromatic rings. The number of carbonyl (C=O) groups excluding carboxylic acids is 3. The summed E-state index contributed by atoms with van der Waals surface area (Å²) in [5.41, 5.74) is 0. The van der Waals surface area contributed by atoms with Crippen molar-refractivity contribution in [3.05, 3.63) is 97.2 Å². The lowest BCUT2D eigenvalue weighted by Gasteiger charge is -2.41. The summed E-state index contributed by atoms with van der Waals surface area (Å²) in [5, 5.41) is 50.2. The van der Waals surface area contributed by atoms with Gasteiger partial charge >= 0.3 is 19.8 Å². The number of esters is 2. The van der Waals surface area contributed by atoms with E-state index in [1.165, 1.54) is 0 Å². The molecular weight excluding hydrogens is 868 g/mol. The molecule has 3 unspecified atom stereocenters. The second-order valence-electron chi connectivity index (χ2n) is 16.3. The van der Waals surface area contributed by atoms with E-state index < -0.39 is 75.7 Å². The number of hydrogen-bond acceptors (Lipinski definition) is 13. The van der Waals surface area contributed by atoms with Crippen LogP contribution in [0.3, 0.4) is 0 Å². The highest BCUT2D eigenvalue weighted by atomic mass is 31.2. The Bertz CT molecular complexity index is 1580. The van der Waals surface area contributed by atoms with E-state index in [-0.39, 0.29) is 18.6 Å². The number of ketones is 1. The SMILES string of the molecule is CC/C=C\C/C=C\C/C=C\C/C=C\CCCCCCCCC(=O)OC[C@H](COP(=O)(O)OC1[C@H](O)[C@H](O)C(O)[C@H](O)[C@H]1O)OC(=O)CCC/C=C\C/C=C\C/C=C\C=C\C(=O)CCCCC. The zero-order valence-electron chi connectivity index (χ0n) is 39.4. The molecule has 66 heavy (non-hydrogen) atoms. The van der Waals surface area contributed by atoms with E-state index in [4.69, 9.17) is 18.5 Å². The molecule has 1 rings (SSSR count). The van der Waals surface area contributed by atoms with Crippen LogP contribution in [0.2, 0.25) is 0 Å². The van der Waals surface area contributed by atoms with Gasteiger partial charge in [0, 0.05) is 19.3 Å². The van der Waals surface area contributed by atoms with Gasteiger partial charge in [-0.25, -0.2) is 4.57 Å². The van der Waals surface area contributed by atoms with Gasteiger partial charge in [0.2, 0.25) is 0 Å². The third-order valence-electron chi connectivity index (χ3n) is 10.4. The van der Waals surface area contributed by atoms with E-state index in [9.17, 15) is 49.4 Å². The third kappa shape index (κ3) is 31.4. The maximum atomic E-state index is 12.8. The molecule has 15 heteroatoms. The number of phosphoric acid groups is 1. The van der Waals surface area contributed by atoms with Crippen molar-refractivity contribution >= 4 is 25.5 Å². The van der Waals surface area contributed by atoms with Crippen molar-refractivity contribution < 1.29 is 67.9 Å². The summed E-state index contributed by atoms with van der Waals surface area (Å²) in [4.78, 5) is 47.5. The Morgan fingerprint density at radius 2 is 1.02 bits per heavy atom. The molecule has 8 atom stereocenters. The second kappa shape index (κ2) is 39.4. The van der Waals surface area contributed by atoms with E-state index in [1.807, 2.05) is 36.5 Å². The lowest BCUT2D eigenvalue weighted by Crippen LogP contribution is -2.64. The smallest absolute Gasteiger partial charge is 0.462 e. The number of carbonyl (C=O) groups is 3. The van der Waals surface area contributed by atoms with Gasteiger partial charge < -0.3 is 39.9 Å². The van der Waals surface area contributed by atoms with E-state index in [1.54, 1.807) is 12.2 Å². The summed E-state index contributed by atoms with van der Waals surface area (Å²) in [6, 6.07) is 0. The van der Waals surface area contributed by atoms with E-state index in [2.05, 4.69) is 62.5 Å². The monoisotopic (exact) mass is 949 g/mol. The summed E-state index contributed by atoms with van der Waals surface area (Å²) in [6.07, 6.45) is 35.8. The molecule has 374 valence electrons. The molecule has 0 saturated heterocycles. The number of aliphatic hydroxyl groups is 5. The maximum Gasteiger partial charge on any atom is 0.472 e. The number of hydrogen-bond donors (Lipinski definition) is 6. The molecule has 14 nitrogen and oxygen atoms in total. The Hall–Kier alpha value is -3.56. The topological polar surface area (TPSA) is 227 Å². The normalized spacial score (nSPS) is 22.1. The van der Waals surface area contributed by atoms with Gasteiger partial charge in [0.1, 0.15) is 43.2 Å². The zero-order valence-corrected chi connectivity index (χ0v) is 40.3. The van der Waals surface area contributed by atoms with Crippen LogP contribution in [0.1, 0.15) is 149 Å². The molecule has 6 N–H and O–H groups in total. The van der Waals surface area contributed by atoms with Gasteiger partial charge in [-0.15, -0.1) is 0 Å². The van der Waals surface area contributed by atoms with Crippen LogP contribution in [0, 0.1) is 0 Å². The first-order chi connectivity index (χ1) is 31.8. The Kier molecular flexibility index (Phi) is 36.1. The first-order valence-corrected chi connectivity index (χ1v) is 25.5. The lowest BCUT2D eigenvalue weighted by molar-refractivity contribution is -0.220. The fourth-order valence-corrected chi connectivity index (χ4v) is 7.49. The van der Waals surface area contributed by atoms with Crippen LogP contribution in [0.25, 0.3) is 0 Å². The minimum Gasteiger partial charge on any atom is -0.462 e. The van der Waals surface area contributed by atoms with Gasteiger partial charge in [-0.1, -0.05) is 144 Å². The summed E-state index contributed by atoms with van der Waals surface area (Å²) < 4.78 is 33.5. The number of ether oxygens (including phenoxy) is 2. The fourth-order valence-electron chi connectivity index (χ4n) is 6.52. The lowest BCUT2D eigenvalue weighted by atomic mass is 9.85. The van der Waals surface area contributed by atoms with E-state index >= 15 is 0 Å². The Morgan fingerprint density at radius 3 is 1.61 bits per heavy atom. The number of unbranched alkanes of at least 4 members (excludes halogenated alkanes) is 9. The molecule has 1 saturated carbocycles. The first-order valence-electron chi connectivity index (χ1n) is 24.0. The standard InChI is InChI=1S/C51H81O14P/c1-3-5-7-8-9-10-11-12-13-14-15-16-17-18-21-24-27-30-34-38-44(53)62-40-43(41-63-66(60,61)65-51-49(58)47(56)46(55)48(57)50(51)59)64-45(54)39-35-31-28-25-22-19-20-23-26-29-33-37-42(52)36-32-6-4-2/h5,7,9-10,12-13,15-16,19-20,25-26,28-29,33,37,43,46-51,55-59H,3-4,6,8,11,14,17-18,21-24,27,30-32,34-36,38-41H2,1-2H3,(H,60,61)/b7-5-,10-9-,13-12-,16-15-,20-19-,28-25-,29-26-,37-33+/t43-,46?,47-,48+,49-,50-,51?/m1/s1. The molecule has 0 aromatic carbocycles. The average Bonchev–Trinajstić information content (AvgIpc) is 3.29. The molecule has 0 radical (unpaired) electrons. The minimum atomic E-state index is -5.16. The number of phosphoric ester groups is 1. The first kappa shape index (κ1) is 60.5. The summed E-state index contributed by atoms with van der Waals surface area (Å²) in [5.74, 6) is -1.09. The van der Waals surface area contributed by atoms with Crippen molar-refractivity contribution in [1.82, 2.24) is 0 Å². The zero-order chi connectivity index (χ0) is 48.7. The highest BCUT2D eigenvalue weighted by Gasteiger charge is 2.51. The van der Waals surface area contributed by atoms with Crippen molar-refractivity contribution in [2.75, 3.05) is 13.2 Å². The molecule has 0 spiro atoms. The van der Waals surface area contributed by atoms with Crippen LogP contribution >= 0.6 is 7.82 Å². The van der Waals surface area contributed by atoms with Crippen LogP contribution in [-0.2, 0) is 37.5 Å². The molecule has 0 amide bonds.